The van der Waals surface area contributed by atoms with Gasteiger partial charge in [0.15, 0.2) is 0 Å². The van der Waals surface area contributed by atoms with Crippen LogP contribution in [0.3, 0.4) is 0 Å². The number of rotatable bonds is 11. The van der Waals surface area contributed by atoms with Gasteiger partial charge in [0.25, 0.3) is 17.5 Å². The number of nitrogens with zero attached hydrogens (tertiary/aromatic N) is 4. The molecule has 11 heteroatoms. The molecule has 0 unspecified atom stereocenters. The fourth-order valence-corrected chi connectivity index (χ4v) is 5.06. The Morgan fingerprint density at radius 3 is 2.33 bits per heavy atom. The summed E-state index contributed by atoms with van der Waals surface area (Å²) < 4.78 is 0.397. The fraction of sp³-hybridized carbons (Fsp3) is 0.250. The summed E-state index contributed by atoms with van der Waals surface area (Å²) >= 11 is 3.30. The molecule has 0 atom stereocenters. The highest BCUT2D eigenvalue weighted by Crippen LogP contribution is 2.32. The molecule has 0 spiro atoms. The van der Waals surface area contributed by atoms with E-state index in [1.807, 2.05) is 31.2 Å². The molecule has 2 amide bonds. The third-order valence-corrected chi connectivity index (χ3v) is 7.25. The molecule has 0 aliphatic carbocycles. The van der Waals surface area contributed by atoms with Crippen molar-refractivity contribution in [3.05, 3.63) is 91.4 Å². The molecular formula is C28H27BrN6O4. The SMILES string of the molecule is CCN(CCCCN1C(=O)c2ccccc2C1=O)c1ccc(NNc2c(Br)cc([N+](=O)[O-])cc2C#N)c(C)c1. The first kappa shape index (κ1) is 27.6. The van der Waals surface area contributed by atoms with E-state index < -0.39 is 4.92 Å². The lowest BCUT2D eigenvalue weighted by Crippen LogP contribution is -2.31. The van der Waals surface area contributed by atoms with Crippen molar-refractivity contribution in [3.63, 3.8) is 0 Å². The number of imide groups is 1. The molecule has 0 fully saturated rings. The Morgan fingerprint density at radius 1 is 1.05 bits per heavy atom. The van der Waals surface area contributed by atoms with E-state index in [2.05, 4.69) is 38.6 Å². The maximum Gasteiger partial charge on any atom is 0.272 e. The third-order valence-electron chi connectivity index (χ3n) is 6.62. The van der Waals surface area contributed by atoms with Crippen molar-refractivity contribution in [2.75, 3.05) is 35.4 Å². The van der Waals surface area contributed by atoms with E-state index in [1.54, 1.807) is 24.3 Å². The molecule has 0 saturated heterocycles. The quantitative estimate of drug-likeness (QED) is 0.122. The summed E-state index contributed by atoms with van der Waals surface area (Å²) in [7, 11) is 0. The largest absolute Gasteiger partial charge is 0.372 e. The van der Waals surface area contributed by atoms with E-state index in [4.69, 9.17) is 0 Å². The third kappa shape index (κ3) is 5.86. The number of amides is 2. The molecule has 1 aliphatic rings. The zero-order valence-electron chi connectivity index (χ0n) is 21.5. The second-order valence-electron chi connectivity index (χ2n) is 9.06. The fourth-order valence-electron chi connectivity index (χ4n) is 4.51. The van der Waals surface area contributed by atoms with Crippen LogP contribution in [0.4, 0.5) is 22.7 Å². The average Bonchev–Trinajstić information content (AvgIpc) is 3.17. The number of unbranched alkanes of at least 4 members (excludes halogenated alkanes) is 1. The van der Waals surface area contributed by atoms with E-state index >= 15 is 0 Å². The second kappa shape index (κ2) is 12.0. The minimum absolute atomic E-state index is 0.135. The van der Waals surface area contributed by atoms with Gasteiger partial charge in [0, 0.05) is 37.5 Å². The molecule has 2 N–H and O–H groups in total. The first-order chi connectivity index (χ1) is 18.7. The summed E-state index contributed by atoms with van der Waals surface area (Å²) in [6.07, 6.45) is 1.52. The molecule has 200 valence electrons. The van der Waals surface area contributed by atoms with Crippen molar-refractivity contribution < 1.29 is 14.5 Å². The van der Waals surface area contributed by atoms with Crippen molar-refractivity contribution >= 4 is 50.5 Å². The number of nitrogens with one attached hydrogen (secondary N) is 2. The summed E-state index contributed by atoms with van der Waals surface area (Å²) in [5.74, 6) is -0.448. The second-order valence-corrected chi connectivity index (χ2v) is 9.92. The Bertz CT molecular complexity index is 1450. The molecule has 0 saturated carbocycles. The van der Waals surface area contributed by atoms with Crippen LogP contribution in [0.2, 0.25) is 0 Å². The van der Waals surface area contributed by atoms with Gasteiger partial charge in [-0.2, -0.15) is 5.26 Å². The van der Waals surface area contributed by atoms with Crippen LogP contribution < -0.4 is 15.8 Å². The van der Waals surface area contributed by atoms with Crippen LogP contribution in [0.15, 0.2) is 59.1 Å². The van der Waals surface area contributed by atoms with Crippen molar-refractivity contribution in [2.45, 2.75) is 26.7 Å². The Labute approximate surface area is 234 Å². The molecule has 0 bridgehead atoms. The van der Waals surface area contributed by atoms with Gasteiger partial charge in [-0.3, -0.25) is 30.0 Å². The Hall–Kier alpha value is -4.43. The average molecular weight is 591 g/mol. The minimum atomic E-state index is -0.546. The number of nitro groups is 1. The van der Waals surface area contributed by atoms with E-state index in [0.717, 1.165) is 36.4 Å². The smallest absolute Gasteiger partial charge is 0.272 e. The zero-order valence-corrected chi connectivity index (χ0v) is 23.1. The summed E-state index contributed by atoms with van der Waals surface area (Å²) in [6, 6.07) is 17.4. The Kier molecular flexibility index (Phi) is 8.46. The monoisotopic (exact) mass is 590 g/mol. The molecule has 1 aliphatic heterocycles. The lowest BCUT2D eigenvalue weighted by molar-refractivity contribution is -0.384. The molecule has 4 rings (SSSR count). The number of carbonyl (C=O) groups is 2. The first-order valence-electron chi connectivity index (χ1n) is 12.5. The number of carbonyl (C=O) groups excluding carboxylic acids is 2. The Morgan fingerprint density at radius 2 is 1.74 bits per heavy atom. The predicted octanol–water partition coefficient (Wildman–Crippen LogP) is 5.88. The number of hydrogen-bond acceptors (Lipinski definition) is 8. The summed E-state index contributed by atoms with van der Waals surface area (Å²) in [4.78, 5) is 39.2. The minimum Gasteiger partial charge on any atom is -0.372 e. The van der Waals surface area contributed by atoms with Crippen molar-refractivity contribution in [1.29, 1.82) is 5.26 Å². The summed E-state index contributed by atoms with van der Waals surface area (Å²) in [6.45, 7) is 5.98. The lowest BCUT2D eigenvalue weighted by Gasteiger charge is -2.25. The van der Waals surface area contributed by atoms with Gasteiger partial charge in [-0.15, -0.1) is 0 Å². The number of anilines is 3. The van der Waals surface area contributed by atoms with E-state index in [-0.39, 0.29) is 23.1 Å². The van der Waals surface area contributed by atoms with Gasteiger partial charge in [-0.1, -0.05) is 12.1 Å². The van der Waals surface area contributed by atoms with Gasteiger partial charge >= 0.3 is 0 Å². The normalized spacial score (nSPS) is 12.2. The highest BCUT2D eigenvalue weighted by Gasteiger charge is 2.34. The number of hydrogen-bond donors (Lipinski definition) is 2. The molecule has 39 heavy (non-hydrogen) atoms. The maximum absolute atomic E-state index is 12.6. The Balaban J connectivity index is 1.34. The van der Waals surface area contributed by atoms with Gasteiger partial charge in [-0.25, -0.2) is 0 Å². The van der Waals surface area contributed by atoms with E-state index in [0.29, 0.717) is 34.3 Å². The van der Waals surface area contributed by atoms with E-state index in [1.165, 1.54) is 17.0 Å². The molecule has 1 heterocycles. The van der Waals surface area contributed by atoms with Gasteiger partial charge in [0.1, 0.15) is 6.07 Å². The number of benzene rings is 3. The van der Waals surface area contributed by atoms with Crippen LogP contribution in [0, 0.1) is 28.4 Å². The van der Waals surface area contributed by atoms with Crippen LogP contribution in [-0.2, 0) is 0 Å². The number of nitriles is 1. The standard InChI is InChI=1S/C28H27BrN6O4/c1-3-33(12-6-7-13-34-27(36)22-8-4-5-9-23(22)28(34)37)20-10-11-25(18(2)14-20)31-32-26-19(17-30)15-21(35(38)39)16-24(26)29/h4-5,8-11,14-16,31-32H,3,6-7,12-13H2,1-2H3. The number of nitro benzene ring substituents is 1. The zero-order chi connectivity index (χ0) is 28.1. The maximum atomic E-state index is 12.6. The van der Waals surface area contributed by atoms with Crippen LogP contribution >= 0.6 is 15.9 Å². The van der Waals surface area contributed by atoms with E-state index in [9.17, 15) is 25.0 Å². The molecule has 3 aromatic rings. The molecule has 10 nitrogen and oxygen atoms in total. The lowest BCUT2D eigenvalue weighted by atomic mass is 10.1. The highest BCUT2D eigenvalue weighted by molar-refractivity contribution is 9.10. The number of fused-ring (bicyclic) bond motifs is 1. The number of halogens is 1. The highest BCUT2D eigenvalue weighted by atomic mass is 79.9. The van der Waals surface area contributed by atoms with Crippen LogP contribution in [0.25, 0.3) is 0 Å². The predicted molar refractivity (Wildman–Crippen MR) is 153 cm³/mol. The topological polar surface area (TPSA) is 132 Å². The number of non-ortho nitro benzene ring substituents is 1. The number of aryl methyl sites for hydroxylation is 1. The van der Waals surface area contributed by atoms with Crippen LogP contribution in [0.5, 0.6) is 0 Å². The van der Waals surface area contributed by atoms with Gasteiger partial charge in [0.2, 0.25) is 0 Å². The van der Waals surface area contributed by atoms with Crippen molar-refractivity contribution in [2.24, 2.45) is 0 Å². The first-order valence-corrected chi connectivity index (χ1v) is 13.2. The molecule has 3 aromatic carbocycles. The molecule has 0 aromatic heterocycles. The summed E-state index contributed by atoms with van der Waals surface area (Å²) in [5, 5.41) is 20.5. The van der Waals surface area contributed by atoms with Crippen LogP contribution in [0.1, 0.15) is 51.6 Å². The van der Waals surface area contributed by atoms with Crippen LogP contribution in [-0.4, -0.2) is 41.3 Å². The number of hydrazine groups is 1. The van der Waals surface area contributed by atoms with Gasteiger partial charge in [0.05, 0.1) is 37.5 Å². The van der Waals surface area contributed by atoms with Crippen molar-refractivity contribution in [1.82, 2.24) is 4.90 Å². The molecular weight excluding hydrogens is 564 g/mol. The summed E-state index contributed by atoms with van der Waals surface area (Å²) in [5.41, 5.74) is 10.2. The van der Waals surface area contributed by atoms with Crippen molar-refractivity contribution in [3.8, 4) is 6.07 Å². The van der Waals surface area contributed by atoms with Gasteiger partial charge in [-0.05, 0) is 78.5 Å². The van der Waals surface area contributed by atoms with Gasteiger partial charge < -0.3 is 10.3 Å². The molecule has 0 radical (unpaired) electrons.